The fraction of sp³-hybridized carbons (Fsp3) is 1.00. The molecule has 3 heteroatoms. The zero-order valence-electron chi connectivity index (χ0n) is 3.96. The summed E-state index contributed by atoms with van der Waals surface area (Å²) in [5, 5.41) is 0. The van der Waals surface area contributed by atoms with E-state index in [9.17, 15) is 0 Å². The summed E-state index contributed by atoms with van der Waals surface area (Å²) in [4.78, 5) is 0. The van der Waals surface area contributed by atoms with Crippen LogP contribution in [-0.2, 0) is 31.7 Å². The van der Waals surface area contributed by atoms with Gasteiger partial charge in [-0.2, -0.15) is 0 Å². The van der Waals surface area contributed by atoms with E-state index in [4.69, 9.17) is 0 Å². The van der Waals surface area contributed by atoms with E-state index in [1.807, 2.05) is 0 Å². The molecule has 0 aromatic heterocycles. The van der Waals surface area contributed by atoms with Crippen molar-refractivity contribution in [3.8, 4) is 0 Å². The normalized spacial score (nSPS) is 18.1. The van der Waals surface area contributed by atoms with Gasteiger partial charge in [-0.1, -0.05) is 0 Å². The zero-order valence-corrected chi connectivity index (χ0v) is 7.77. The Labute approximate surface area is 65.1 Å². The second kappa shape index (κ2) is 7.38. The van der Waals surface area contributed by atoms with Crippen LogP contribution in [0.1, 0.15) is 12.8 Å². The molecule has 0 atom stereocenters. The van der Waals surface area contributed by atoms with Crippen LogP contribution < -0.4 is 0 Å². The topological polar surface area (TPSA) is 0 Å². The van der Waals surface area contributed by atoms with Gasteiger partial charge < -0.3 is 0 Å². The minimum atomic E-state index is 1.47. The fourth-order valence-electron chi connectivity index (χ4n) is 0.559. The van der Waals surface area contributed by atoms with Gasteiger partial charge >= 0.3 is 29.2 Å². The zero-order chi connectivity index (χ0) is 5.54. The average molecular weight is 322 g/mol. The SMILES string of the molecule is C1CC[SH+]C1.[Cl][Au]. The first-order valence-electron chi connectivity index (χ1n) is 2.25. The molecule has 0 aromatic carbocycles. The third-order valence-electron chi connectivity index (χ3n) is 0.882. The molecule has 1 fully saturated rings. The molecule has 1 saturated heterocycles. The Bertz CT molecular complexity index is 23.3. The predicted molar refractivity (Wildman–Crippen MR) is 33.6 cm³/mol. The van der Waals surface area contributed by atoms with Gasteiger partial charge in [-0.15, -0.1) is 0 Å². The third-order valence-corrected chi connectivity index (χ3v) is 2.15. The Morgan fingerprint density at radius 3 is 1.71 bits per heavy atom. The number of rotatable bonds is 0. The average Bonchev–Trinajstić information content (AvgIpc) is 2.23. The molecular formula is C4H9AuClS+. The van der Waals surface area contributed by atoms with Crippen LogP contribution in [0.2, 0.25) is 0 Å². The summed E-state index contributed by atoms with van der Waals surface area (Å²) in [5.74, 6) is 2.94. The molecule has 0 saturated carbocycles. The Morgan fingerprint density at radius 2 is 1.57 bits per heavy atom. The van der Waals surface area contributed by atoms with Crippen LogP contribution in [-0.4, -0.2) is 11.5 Å². The van der Waals surface area contributed by atoms with Crippen molar-refractivity contribution in [3.05, 3.63) is 0 Å². The van der Waals surface area contributed by atoms with Crippen molar-refractivity contribution in [2.45, 2.75) is 12.8 Å². The molecule has 48 valence electrons. The van der Waals surface area contributed by atoms with Crippen molar-refractivity contribution in [1.82, 2.24) is 0 Å². The van der Waals surface area contributed by atoms with E-state index in [1.165, 1.54) is 24.3 Å². The summed E-state index contributed by atoms with van der Waals surface area (Å²) in [6, 6.07) is 0. The molecular weight excluding hydrogens is 313 g/mol. The Hall–Kier alpha value is 1.38. The molecule has 0 unspecified atom stereocenters. The van der Waals surface area contributed by atoms with E-state index in [1.54, 1.807) is 31.7 Å². The first-order valence-corrected chi connectivity index (χ1v) is 6.20. The van der Waals surface area contributed by atoms with Gasteiger partial charge in [-0.3, -0.25) is 0 Å². The number of thiol groups is 1. The van der Waals surface area contributed by atoms with Gasteiger partial charge in [0.1, 0.15) is 11.5 Å². The van der Waals surface area contributed by atoms with Gasteiger partial charge in [0.2, 0.25) is 0 Å². The molecule has 0 N–H and O–H groups in total. The van der Waals surface area contributed by atoms with Crippen molar-refractivity contribution in [2.24, 2.45) is 0 Å². The molecule has 7 heavy (non-hydrogen) atoms. The molecule has 0 amide bonds. The van der Waals surface area contributed by atoms with Crippen LogP contribution in [0.15, 0.2) is 0 Å². The summed E-state index contributed by atoms with van der Waals surface area (Å²) < 4.78 is 0. The molecule has 0 aliphatic carbocycles. The summed E-state index contributed by atoms with van der Waals surface area (Å²) >= 11 is 3.44. The van der Waals surface area contributed by atoms with E-state index in [0.717, 1.165) is 0 Å². The third kappa shape index (κ3) is 5.25. The van der Waals surface area contributed by atoms with Crippen LogP contribution in [0, 0.1) is 0 Å². The van der Waals surface area contributed by atoms with Crippen LogP contribution >= 0.6 is 9.19 Å². The van der Waals surface area contributed by atoms with Gasteiger partial charge in [0, 0.05) is 0 Å². The summed E-state index contributed by atoms with van der Waals surface area (Å²) in [6.45, 7) is 0. The molecule has 1 heterocycles. The van der Waals surface area contributed by atoms with Crippen molar-refractivity contribution in [3.63, 3.8) is 0 Å². The Balaban J connectivity index is 0.000000162. The number of halogens is 1. The van der Waals surface area contributed by atoms with E-state index in [-0.39, 0.29) is 0 Å². The summed E-state index contributed by atoms with van der Waals surface area (Å²) in [6.07, 6.45) is 2.98. The van der Waals surface area contributed by atoms with Crippen LogP contribution in [0.3, 0.4) is 0 Å². The molecule has 0 spiro atoms. The van der Waals surface area contributed by atoms with Crippen LogP contribution in [0.4, 0.5) is 0 Å². The van der Waals surface area contributed by atoms with Crippen LogP contribution in [0.25, 0.3) is 0 Å². The molecule has 0 nitrogen and oxygen atoms in total. The van der Waals surface area contributed by atoms with Gasteiger partial charge in [-0.05, 0) is 24.6 Å². The fourth-order valence-corrected chi connectivity index (χ4v) is 1.68. The first-order chi connectivity index (χ1) is 3.50. The maximum absolute atomic E-state index is 4.58. The van der Waals surface area contributed by atoms with Gasteiger partial charge in [0.15, 0.2) is 0 Å². The van der Waals surface area contributed by atoms with Gasteiger partial charge in [-0.25, -0.2) is 0 Å². The molecule has 1 aliphatic heterocycles. The minimum absolute atomic E-state index is 1.47. The van der Waals surface area contributed by atoms with Crippen LogP contribution in [0.5, 0.6) is 0 Å². The number of hydrogen-bond acceptors (Lipinski definition) is 0. The second-order valence-corrected chi connectivity index (χ2v) is 2.72. The predicted octanol–water partition coefficient (Wildman–Crippen LogP) is 1.28. The molecule has 0 radical (unpaired) electrons. The summed E-state index contributed by atoms with van der Waals surface area (Å²) in [7, 11) is 4.58. The number of hydrogen-bond donors (Lipinski definition) is 0. The summed E-state index contributed by atoms with van der Waals surface area (Å²) in [5.41, 5.74) is 0. The van der Waals surface area contributed by atoms with Gasteiger partial charge in [0.25, 0.3) is 0 Å². The van der Waals surface area contributed by atoms with Crippen molar-refractivity contribution < 1.29 is 20.0 Å². The van der Waals surface area contributed by atoms with E-state index < -0.39 is 0 Å². The van der Waals surface area contributed by atoms with Crippen molar-refractivity contribution >= 4 is 21.0 Å². The van der Waals surface area contributed by atoms with E-state index >= 15 is 0 Å². The molecule has 1 aliphatic rings. The van der Waals surface area contributed by atoms with E-state index in [2.05, 4.69) is 9.19 Å². The molecule has 1 rings (SSSR count). The maximum atomic E-state index is 4.58. The molecule has 0 aromatic rings. The quantitative estimate of drug-likeness (QED) is 0.358. The van der Waals surface area contributed by atoms with Crippen molar-refractivity contribution in [2.75, 3.05) is 11.5 Å². The standard InChI is InChI=1S/C4H8S.Au.ClH/c1-2-4-5-3-1;;/h1-4H2;;1H/q;+1;. The Kier molecular flexibility index (Phi) is 8.84. The monoisotopic (exact) mass is 321 g/mol. The molecule has 0 bridgehead atoms. The first kappa shape index (κ1) is 8.38. The van der Waals surface area contributed by atoms with E-state index in [0.29, 0.717) is 0 Å². The Morgan fingerprint density at radius 1 is 1.14 bits per heavy atom. The second-order valence-electron chi connectivity index (χ2n) is 1.38. The van der Waals surface area contributed by atoms with Crippen molar-refractivity contribution in [1.29, 1.82) is 0 Å². The van der Waals surface area contributed by atoms with Gasteiger partial charge in [0.05, 0.1) is 0 Å².